The lowest BCUT2D eigenvalue weighted by molar-refractivity contribution is -0.898. The first-order valence-electron chi connectivity index (χ1n) is 15.6. The zero-order valence-electron chi connectivity index (χ0n) is 25.9. The zero-order chi connectivity index (χ0) is 30.6. The Bertz CT molecular complexity index is 1540. The fraction of sp³-hybridized carbons (Fsp3) is 0.389. The Kier molecular flexibility index (Phi) is 10.8. The van der Waals surface area contributed by atoms with Gasteiger partial charge in [-0.1, -0.05) is 91.0 Å². The van der Waals surface area contributed by atoms with Gasteiger partial charge >= 0.3 is 5.69 Å². The molecule has 6 rings (SSSR count). The lowest BCUT2D eigenvalue weighted by Crippen LogP contribution is -3.00. The number of likely N-dealkylation sites (tertiary alicyclic amines) is 1. The van der Waals surface area contributed by atoms with Crippen molar-refractivity contribution in [3.8, 4) is 0 Å². The van der Waals surface area contributed by atoms with Gasteiger partial charge in [-0.25, -0.2) is 4.79 Å². The molecule has 4 aromatic rings. The summed E-state index contributed by atoms with van der Waals surface area (Å²) in [5.74, 6) is 0. The Balaban J connectivity index is 0.00000400. The second kappa shape index (κ2) is 14.6. The third kappa shape index (κ3) is 7.18. The summed E-state index contributed by atoms with van der Waals surface area (Å²) in [6.45, 7) is 5.76. The third-order valence-corrected chi connectivity index (χ3v) is 9.25. The standard InChI is InChI=1S/C36H41N3O5.HI/c1-27-25-38(35(41)37-34(27)40)33-24-31(42-23-22-39(2)20-12-13-21-39)32(44-33)26-43-36(28-14-6-3-7-15-28,29-16-8-4-9-17-29)30-18-10-5-11-19-30;/h3-11,14-19,25,31-33H,12-13,20-24,26H2,1-2H3;1H/t31-,32+,33+;/m0./s1. The monoisotopic (exact) mass is 723 g/mol. The van der Waals surface area contributed by atoms with Gasteiger partial charge in [0.15, 0.2) is 0 Å². The predicted octanol–water partition coefficient (Wildman–Crippen LogP) is 1.77. The highest BCUT2D eigenvalue weighted by Gasteiger charge is 2.43. The van der Waals surface area contributed by atoms with Gasteiger partial charge in [0.25, 0.3) is 5.56 Å². The largest absolute Gasteiger partial charge is 1.00 e. The SMILES string of the molecule is Cc1cn([C@H]2C[C@H](OCC[N+]3(C)CCCC3)[C@@H](COC(c3ccccc3)(c3ccccc3)c3ccccc3)O2)c(=O)[nH]c1=O.[I-]. The maximum Gasteiger partial charge on any atom is 0.330 e. The minimum absolute atomic E-state index is 0. The van der Waals surface area contributed by atoms with Gasteiger partial charge in [-0.3, -0.25) is 14.3 Å². The average Bonchev–Trinajstić information content (AvgIpc) is 3.67. The summed E-state index contributed by atoms with van der Waals surface area (Å²) in [5, 5.41) is 0. The van der Waals surface area contributed by atoms with Crippen LogP contribution in [-0.4, -0.2) is 66.1 Å². The van der Waals surface area contributed by atoms with Crippen molar-refractivity contribution in [3.05, 3.63) is 140 Å². The molecule has 0 unspecified atom stereocenters. The van der Waals surface area contributed by atoms with Crippen molar-refractivity contribution in [1.29, 1.82) is 0 Å². The highest BCUT2D eigenvalue weighted by molar-refractivity contribution is 5.47. The Labute approximate surface area is 281 Å². The van der Waals surface area contributed by atoms with Crippen molar-refractivity contribution >= 4 is 0 Å². The molecule has 8 nitrogen and oxygen atoms in total. The number of hydrogen-bond acceptors (Lipinski definition) is 5. The smallest absolute Gasteiger partial charge is 0.330 e. The van der Waals surface area contributed by atoms with E-state index in [4.69, 9.17) is 14.2 Å². The summed E-state index contributed by atoms with van der Waals surface area (Å²) < 4.78 is 22.7. The fourth-order valence-corrected chi connectivity index (χ4v) is 6.72. The number of hydrogen-bond donors (Lipinski definition) is 1. The van der Waals surface area contributed by atoms with Gasteiger partial charge in [0.1, 0.15) is 24.5 Å². The summed E-state index contributed by atoms with van der Waals surface area (Å²) in [5.41, 5.74) is 1.67. The predicted molar refractivity (Wildman–Crippen MR) is 170 cm³/mol. The van der Waals surface area contributed by atoms with E-state index in [2.05, 4.69) is 48.4 Å². The molecule has 2 saturated heterocycles. The van der Waals surface area contributed by atoms with Gasteiger partial charge in [-0.15, -0.1) is 0 Å². The van der Waals surface area contributed by atoms with E-state index in [1.807, 2.05) is 54.6 Å². The third-order valence-electron chi connectivity index (χ3n) is 9.25. The van der Waals surface area contributed by atoms with Gasteiger partial charge < -0.3 is 42.7 Å². The number of aryl methyl sites for hydroxylation is 1. The molecule has 2 aliphatic rings. The highest BCUT2D eigenvalue weighted by atomic mass is 127. The number of aromatic nitrogens is 2. The molecule has 0 spiro atoms. The molecule has 2 fully saturated rings. The average molecular weight is 724 g/mol. The summed E-state index contributed by atoms with van der Waals surface area (Å²) >= 11 is 0. The number of H-pyrrole nitrogens is 1. The van der Waals surface area contributed by atoms with E-state index in [0.29, 0.717) is 18.6 Å². The van der Waals surface area contributed by atoms with E-state index in [9.17, 15) is 9.59 Å². The van der Waals surface area contributed by atoms with Crippen LogP contribution < -0.4 is 35.2 Å². The summed E-state index contributed by atoms with van der Waals surface area (Å²) in [6, 6.07) is 30.7. The summed E-state index contributed by atoms with van der Waals surface area (Å²) in [4.78, 5) is 27.4. The minimum Gasteiger partial charge on any atom is -1.00 e. The molecule has 1 aromatic heterocycles. The topological polar surface area (TPSA) is 82.6 Å². The molecule has 0 saturated carbocycles. The lowest BCUT2D eigenvalue weighted by Gasteiger charge is -2.37. The van der Waals surface area contributed by atoms with Crippen LogP contribution in [0, 0.1) is 6.92 Å². The zero-order valence-corrected chi connectivity index (χ0v) is 28.1. The molecule has 3 heterocycles. The lowest BCUT2D eigenvalue weighted by atomic mass is 9.80. The van der Waals surface area contributed by atoms with Crippen LogP contribution in [0.15, 0.2) is 107 Å². The van der Waals surface area contributed by atoms with Crippen LogP contribution in [0.25, 0.3) is 0 Å². The van der Waals surface area contributed by atoms with Gasteiger partial charge in [0.05, 0.1) is 39.5 Å². The number of halogens is 1. The van der Waals surface area contributed by atoms with Crippen LogP contribution in [0.1, 0.15) is 47.7 Å². The van der Waals surface area contributed by atoms with E-state index in [0.717, 1.165) is 27.7 Å². The summed E-state index contributed by atoms with van der Waals surface area (Å²) in [7, 11) is 2.29. The highest BCUT2D eigenvalue weighted by Crippen LogP contribution is 2.42. The van der Waals surface area contributed by atoms with E-state index in [1.165, 1.54) is 30.5 Å². The molecule has 2 aliphatic heterocycles. The number of benzene rings is 3. The van der Waals surface area contributed by atoms with Crippen molar-refractivity contribution in [2.75, 3.05) is 39.9 Å². The van der Waals surface area contributed by atoms with Crippen LogP contribution in [0.5, 0.6) is 0 Å². The molecule has 3 atom stereocenters. The van der Waals surface area contributed by atoms with Crippen molar-refractivity contribution in [1.82, 2.24) is 9.55 Å². The van der Waals surface area contributed by atoms with Gasteiger partial charge in [0, 0.05) is 31.0 Å². The van der Waals surface area contributed by atoms with Crippen LogP contribution in [0.4, 0.5) is 0 Å². The Hall–Kier alpha value is -3.09. The van der Waals surface area contributed by atoms with Crippen molar-refractivity contribution in [2.45, 2.75) is 50.2 Å². The molecule has 9 heteroatoms. The molecule has 1 N–H and O–H groups in total. The molecular formula is C36H42IN3O5. The van der Waals surface area contributed by atoms with Gasteiger partial charge in [-0.05, 0) is 23.6 Å². The molecule has 238 valence electrons. The van der Waals surface area contributed by atoms with Crippen LogP contribution >= 0.6 is 0 Å². The summed E-state index contributed by atoms with van der Waals surface area (Å²) in [6.07, 6.45) is 3.20. The van der Waals surface area contributed by atoms with Crippen molar-refractivity contribution in [2.24, 2.45) is 0 Å². The fourth-order valence-electron chi connectivity index (χ4n) is 6.72. The Morgan fingerprint density at radius 3 is 1.96 bits per heavy atom. The molecule has 0 amide bonds. The quantitative estimate of drug-likeness (QED) is 0.145. The first-order chi connectivity index (χ1) is 21.4. The van der Waals surface area contributed by atoms with Crippen LogP contribution in [-0.2, 0) is 19.8 Å². The number of nitrogens with zero attached hydrogens (tertiary/aromatic N) is 2. The number of nitrogens with one attached hydrogen (secondary N) is 1. The molecule has 3 aromatic carbocycles. The molecular weight excluding hydrogens is 681 g/mol. The number of likely N-dealkylation sites (N-methyl/N-ethyl adjacent to an activating group) is 1. The van der Waals surface area contributed by atoms with E-state index in [1.54, 1.807) is 13.1 Å². The molecule has 0 radical (unpaired) electrons. The van der Waals surface area contributed by atoms with E-state index in [-0.39, 0.29) is 36.7 Å². The maximum atomic E-state index is 12.8. The first kappa shape index (κ1) is 33.3. The van der Waals surface area contributed by atoms with Gasteiger partial charge in [-0.2, -0.15) is 0 Å². The Morgan fingerprint density at radius 2 is 1.42 bits per heavy atom. The number of ether oxygens (including phenoxy) is 3. The Morgan fingerprint density at radius 1 is 0.889 bits per heavy atom. The molecule has 0 aliphatic carbocycles. The van der Waals surface area contributed by atoms with Crippen molar-refractivity contribution < 1.29 is 42.7 Å². The number of aromatic amines is 1. The van der Waals surface area contributed by atoms with Crippen LogP contribution in [0.3, 0.4) is 0 Å². The number of rotatable bonds is 11. The maximum absolute atomic E-state index is 12.8. The normalized spacial score (nSPS) is 21.0. The van der Waals surface area contributed by atoms with Crippen LogP contribution in [0.2, 0.25) is 0 Å². The van der Waals surface area contributed by atoms with E-state index < -0.39 is 29.2 Å². The second-order valence-electron chi connectivity index (χ2n) is 12.3. The second-order valence-corrected chi connectivity index (χ2v) is 12.3. The van der Waals surface area contributed by atoms with Crippen molar-refractivity contribution in [3.63, 3.8) is 0 Å². The molecule has 45 heavy (non-hydrogen) atoms. The first-order valence-corrected chi connectivity index (χ1v) is 15.6. The van der Waals surface area contributed by atoms with Gasteiger partial charge in [0.2, 0.25) is 0 Å². The minimum atomic E-state index is -0.907. The van der Waals surface area contributed by atoms with E-state index >= 15 is 0 Å². The number of quaternary nitrogens is 1. The molecule has 0 bridgehead atoms.